The maximum Gasteiger partial charge on any atom is 0.309 e. The Kier molecular flexibility index (Phi) is 5.21. The van der Waals surface area contributed by atoms with Gasteiger partial charge in [0.15, 0.2) is 5.82 Å². The molecule has 1 aromatic rings. The van der Waals surface area contributed by atoms with Gasteiger partial charge in [-0.2, -0.15) is 4.98 Å². The van der Waals surface area contributed by atoms with Crippen LogP contribution in [0, 0.1) is 5.92 Å². The molecule has 2 heterocycles. The summed E-state index contributed by atoms with van der Waals surface area (Å²) in [7, 11) is 0. The number of nitrogens with zero attached hydrogens (tertiary/aromatic N) is 3. The van der Waals surface area contributed by atoms with E-state index in [0.29, 0.717) is 12.5 Å². The van der Waals surface area contributed by atoms with E-state index < -0.39 is 0 Å². The Labute approximate surface area is 132 Å². The van der Waals surface area contributed by atoms with Gasteiger partial charge >= 0.3 is 5.97 Å². The quantitative estimate of drug-likeness (QED) is 0.797. The van der Waals surface area contributed by atoms with Crippen LogP contribution in [0.2, 0.25) is 0 Å². The number of hydrogen-bond donors (Lipinski definition) is 0. The average Bonchev–Trinajstić information content (AvgIpc) is 2.97. The highest BCUT2D eigenvalue weighted by atomic mass is 16.5. The third-order valence-electron chi connectivity index (χ3n) is 4.17. The number of esters is 1. The first kappa shape index (κ1) is 16.9. The SMILES string of the molecule is CCOC(=O)C1CCN([C@H](C)c2nc(C(C)(C)C)no2)CC1. The molecule has 0 bridgehead atoms. The zero-order valence-corrected chi connectivity index (χ0v) is 14.3. The van der Waals surface area contributed by atoms with E-state index in [-0.39, 0.29) is 23.3 Å². The minimum atomic E-state index is -0.113. The van der Waals surface area contributed by atoms with Crippen molar-refractivity contribution in [2.75, 3.05) is 19.7 Å². The second kappa shape index (κ2) is 6.77. The molecule has 6 nitrogen and oxygen atoms in total. The van der Waals surface area contributed by atoms with E-state index in [1.54, 1.807) is 0 Å². The summed E-state index contributed by atoms with van der Waals surface area (Å²) in [6.45, 7) is 12.3. The van der Waals surface area contributed by atoms with Gasteiger partial charge in [0.05, 0.1) is 18.6 Å². The number of likely N-dealkylation sites (tertiary alicyclic amines) is 1. The van der Waals surface area contributed by atoms with Gasteiger partial charge in [-0.3, -0.25) is 9.69 Å². The molecule has 6 heteroatoms. The molecule has 2 rings (SSSR count). The van der Waals surface area contributed by atoms with E-state index in [1.807, 2.05) is 6.92 Å². The highest BCUT2D eigenvalue weighted by molar-refractivity contribution is 5.72. The lowest BCUT2D eigenvalue weighted by Crippen LogP contribution is -2.38. The highest BCUT2D eigenvalue weighted by Gasteiger charge is 2.31. The Morgan fingerprint density at radius 3 is 2.55 bits per heavy atom. The van der Waals surface area contributed by atoms with Crippen molar-refractivity contribution in [3.8, 4) is 0 Å². The van der Waals surface area contributed by atoms with Crippen LogP contribution < -0.4 is 0 Å². The van der Waals surface area contributed by atoms with Crippen LogP contribution in [0.25, 0.3) is 0 Å². The molecule has 0 saturated carbocycles. The van der Waals surface area contributed by atoms with Crippen molar-refractivity contribution in [3.05, 3.63) is 11.7 Å². The first-order chi connectivity index (χ1) is 10.3. The number of carbonyl (C=O) groups is 1. The minimum Gasteiger partial charge on any atom is -0.466 e. The van der Waals surface area contributed by atoms with Gasteiger partial charge in [0, 0.05) is 5.41 Å². The molecule has 0 N–H and O–H groups in total. The Bertz CT molecular complexity index is 499. The van der Waals surface area contributed by atoms with E-state index in [2.05, 4.69) is 42.7 Å². The van der Waals surface area contributed by atoms with Gasteiger partial charge in [0.2, 0.25) is 5.89 Å². The van der Waals surface area contributed by atoms with Crippen molar-refractivity contribution < 1.29 is 14.1 Å². The van der Waals surface area contributed by atoms with Gasteiger partial charge in [-0.25, -0.2) is 0 Å². The Balaban J connectivity index is 1.93. The molecule has 0 spiro atoms. The molecule has 22 heavy (non-hydrogen) atoms. The summed E-state index contributed by atoms with van der Waals surface area (Å²) < 4.78 is 10.5. The van der Waals surface area contributed by atoms with Gasteiger partial charge < -0.3 is 9.26 Å². The summed E-state index contributed by atoms with van der Waals surface area (Å²) >= 11 is 0. The molecule has 1 aromatic heterocycles. The smallest absolute Gasteiger partial charge is 0.309 e. The van der Waals surface area contributed by atoms with Crippen LogP contribution in [0.4, 0.5) is 0 Å². The number of rotatable bonds is 4. The third kappa shape index (κ3) is 3.85. The summed E-state index contributed by atoms with van der Waals surface area (Å²) in [5.41, 5.74) is -0.113. The van der Waals surface area contributed by atoms with Crippen molar-refractivity contribution in [3.63, 3.8) is 0 Å². The summed E-state index contributed by atoms with van der Waals surface area (Å²) in [5.74, 6) is 1.34. The topological polar surface area (TPSA) is 68.5 Å². The average molecular weight is 309 g/mol. The molecule has 0 radical (unpaired) electrons. The molecule has 1 aliphatic rings. The fraction of sp³-hybridized carbons (Fsp3) is 0.812. The maximum atomic E-state index is 11.8. The number of aromatic nitrogens is 2. The highest BCUT2D eigenvalue weighted by Crippen LogP contribution is 2.28. The van der Waals surface area contributed by atoms with Gasteiger partial charge in [0.1, 0.15) is 0 Å². The van der Waals surface area contributed by atoms with Crippen molar-refractivity contribution >= 4 is 5.97 Å². The van der Waals surface area contributed by atoms with E-state index >= 15 is 0 Å². The van der Waals surface area contributed by atoms with Crippen LogP contribution in [0.15, 0.2) is 4.52 Å². The standard InChI is InChI=1S/C16H27N3O3/c1-6-21-14(20)12-7-9-19(10-8-12)11(2)13-17-15(18-22-13)16(3,4)5/h11-12H,6-10H2,1-5H3/t11-/m1/s1. The van der Waals surface area contributed by atoms with Gasteiger partial charge in [-0.05, 0) is 39.8 Å². The second-order valence-electron chi connectivity index (χ2n) is 6.94. The van der Waals surface area contributed by atoms with E-state index in [9.17, 15) is 4.79 Å². The fourth-order valence-corrected chi connectivity index (χ4v) is 2.65. The van der Waals surface area contributed by atoms with Crippen LogP contribution in [0.5, 0.6) is 0 Å². The molecule has 124 valence electrons. The summed E-state index contributed by atoms with van der Waals surface area (Å²) in [6.07, 6.45) is 1.65. The summed E-state index contributed by atoms with van der Waals surface area (Å²) in [4.78, 5) is 18.6. The van der Waals surface area contributed by atoms with Crippen LogP contribution in [-0.2, 0) is 14.9 Å². The number of carbonyl (C=O) groups excluding carboxylic acids is 1. The molecule has 0 amide bonds. The molecular formula is C16H27N3O3. The van der Waals surface area contributed by atoms with E-state index in [1.165, 1.54) is 0 Å². The minimum absolute atomic E-state index is 0.0243. The Hall–Kier alpha value is -1.43. The van der Waals surface area contributed by atoms with Crippen molar-refractivity contribution in [2.24, 2.45) is 5.92 Å². The van der Waals surface area contributed by atoms with Gasteiger partial charge in [-0.1, -0.05) is 25.9 Å². The zero-order valence-electron chi connectivity index (χ0n) is 14.3. The third-order valence-corrected chi connectivity index (χ3v) is 4.17. The monoisotopic (exact) mass is 309 g/mol. The molecule has 0 unspecified atom stereocenters. The predicted molar refractivity (Wildman–Crippen MR) is 82.3 cm³/mol. The van der Waals surface area contributed by atoms with Gasteiger partial charge in [0.25, 0.3) is 0 Å². The molecule has 0 aliphatic carbocycles. The van der Waals surface area contributed by atoms with Crippen LogP contribution >= 0.6 is 0 Å². The lowest BCUT2D eigenvalue weighted by atomic mass is 9.95. The van der Waals surface area contributed by atoms with Crippen molar-refractivity contribution in [1.29, 1.82) is 0 Å². The molecule has 0 aromatic carbocycles. The zero-order chi connectivity index (χ0) is 16.3. The number of ether oxygens (including phenoxy) is 1. The maximum absolute atomic E-state index is 11.8. The summed E-state index contributed by atoms with van der Waals surface area (Å²) in [6, 6.07) is 0.0757. The van der Waals surface area contributed by atoms with Crippen LogP contribution in [-0.4, -0.2) is 40.7 Å². The van der Waals surface area contributed by atoms with Gasteiger partial charge in [-0.15, -0.1) is 0 Å². The lowest BCUT2D eigenvalue weighted by molar-refractivity contribution is -0.149. The van der Waals surface area contributed by atoms with Crippen molar-refractivity contribution in [2.45, 2.75) is 58.9 Å². The fourth-order valence-electron chi connectivity index (χ4n) is 2.65. The lowest BCUT2D eigenvalue weighted by Gasteiger charge is -2.33. The van der Waals surface area contributed by atoms with E-state index in [4.69, 9.17) is 9.26 Å². The Morgan fingerprint density at radius 1 is 1.41 bits per heavy atom. The second-order valence-corrected chi connectivity index (χ2v) is 6.94. The molecule has 1 atom stereocenters. The molecule has 1 aliphatic heterocycles. The predicted octanol–water partition coefficient (Wildman–Crippen LogP) is 2.70. The molecular weight excluding hydrogens is 282 g/mol. The normalized spacial score (nSPS) is 19.1. The van der Waals surface area contributed by atoms with Crippen LogP contribution in [0.1, 0.15) is 65.2 Å². The first-order valence-corrected chi connectivity index (χ1v) is 8.07. The molecule has 1 saturated heterocycles. The number of piperidine rings is 1. The Morgan fingerprint density at radius 2 is 2.05 bits per heavy atom. The first-order valence-electron chi connectivity index (χ1n) is 8.07. The summed E-state index contributed by atoms with van der Waals surface area (Å²) in [5, 5.41) is 4.08. The van der Waals surface area contributed by atoms with Crippen molar-refractivity contribution in [1.82, 2.24) is 15.0 Å². The molecule has 1 fully saturated rings. The van der Waals surface area contributed by atoms with Crippen LogP contribution in [0.3, 0.4) is 0 Å². The number of hydrogen-bond acceptors (Lipinski definition) is 6. The largest absolute Gasteiger partial charge is 0.466 e. The van der Waals surface area contributed by atoms with E-state index in [0.717, 1.165) is 31.8 Å².